The van der Waals surface area contributed by atoms with Crippen LogP contribution < -0.4 is 5.56 Å². The Morgan fingerprint density at radius 1 is 1.45 bits per heavy atom. The summed E-state index contributed by atoms with van der Waals surface area (Å²) in [6.07, 6.45) is 4.19. The van der Waals surface area contributed by atoms with E-state index >= 15 is 0 Å². The van der Waals surface area contributed by atoms with Crippen LogP contribution in [0.4, 0.5) is 0 Å². The van der Waals surface area contributed by atoms with Gasteiger partial charge in [-0.25, -0.2) is 4.98 Å². The molecule has 112 valence electrons. The zero-order valence-corrected chi connectivity index (χ0v) is 13.2. The molecule has 20 heavy (non-hydrogen) atoms. The summed E-state index contributed by atoms with van der Waals surface area (Å²) in [5.74, 6) is 1.49. The lowest BCUT2D eigenvalue weighted by Crippen LogP contribution is -2.38. The molecule has 1 heterocycles. The van der Waals surface area contributed by atoms with Crippen molar-refractivity contribution in [2.45, 2.75) is 64.9 Å². The summed E-state index contributed by atoms with van der Waals surface area (Å²) in [5.41, 5.74) is 1.17. The Kier molecular flexibility index (Phi) is 4.33. The SMILES string of the molecule is COC1(c2nc(C)c(C(C)C)c(=O)[nH]2)CCCC(C)C1. The quantitative estimate of drug-likeness (QED) is 0.923. The van der Waals surface area contributed by atoms with Crippen molar-refractivity contribution in [1.29, 1.82) is 0 Å². The topological polar surface area (TPSA) is 55.0 Å². The van der Waals surface area contributed by atoms with Gasteiger partial charge in [0.1, 0.15) is 11.4 Å². The van der Waals surface area contributed by atoms with Crippen molar-refractivity contribution in [3.8, 4) is 0 Å². The molecule has 2 unspecified atom stereocenters. The maximum Gasteiger partial charge on any atom is 0.254 e. The lowest BCUT2D eigenvalue weighted by atomic mass is 9.78. The fourth-order valence-corrected chi connectivity index (χ4v) is 3.49. The van der Waals surface area contributed by atoms with Gasteiger partial charge in [0.25, 0.3) is 5.56 Å². The van der Waals surface area contributed by atoms with Crippen LogP contribution in [0.15, 0.2) is 4.79 Å². The summed E-state index contributed by atoms with van der Waals surface area (Å²) in [7, 11) is 1.73. The number of methoxy groups -OCH3 is 1. The van der Waals surface area contributed by atoms with Crippen LogP contribution in [0.1, 0.15) is 69.5 Å². The van der Waals surface area contributed by atoms with Gasteiger partial charge in [0.15, 0.2) is 0 Å². The summed E-state index contributed by atoms with van der Waals surface area (Å²) in [6, 6.07) is 0. The number of aromatic nitrogens is 2. The Bertz CT molecular complexity index is 536. The van der Waals surface area contributed by atoms with Crippen LogP contribution >= 0.6 is 0 Å². The van der Waals surface area contributed by atoms with Gasteiger partial charge in [0.05, 0.1) is 0 Å². The molecule has 0 aliphatic heterocycles. The molecule has 4 nitrogen and oxygen atoms in total. The first kappa shape index (κ1) is 15.2. The van der Waals surface area contributed by atoms with Crippen molar-refractivity contribution < 1.29 is 4.74 Å². The first-order valence-corrected chi connectivity index (χ1v) is 7.56. The number of aryl methyl sites for hydroxylation is 1. The zero-order chi connectivity index (χ0) is 14.9. The molecule has 0 radical (unpaired) electrons. The Morgan fingerprint density at radius 3 is 2.65 bits per heavy atom. The third-order valence-corrected chi connectivity index (χ3v) is 4.50. The first-order valence-electron chi connectivity index (χ1n) is 7.56. The molecule has 1 aromatic heterocycles. The Hall–Kier alpha value is -1.16. The van der Waals surface area contributed by atoms with Crippen LogP contribution in [0.25, 0.3) is 0 Å². The van der Waals surface area contributed by atoms with E-state index in [4.69, 9.17) is 4.74 Å². The summed E-state index contributed by atoms with van der Waals surface area (Å²) < 4.78 is 5.81. The van der Waals surface area contributed by atoms with Crippen LogP contribution in [-0.2, 0) is 10.3 Å². The molecule has 1 aromatic rings. The Labute approximate surface area is 121 Å². The number of rotatable bonds is 3. The van der Waals surface area contributed by atoms with Gasteiger partial charge in [-0.15, -0.1) is 0 Å². The van der Waals surface area contributed by atoms with Crippen LogP contribution in [0.3, 0.4) is 0 Å². The monoisotopic (exact) mass is 278 g/mol. The third-order valence-electron chi connectivity index (χ3n) is 4.50. The van der Waals surface area contributed by atoms with E-state index in [0.29, 0.717) is 11.7 Å². The van der Waals surface area contributed by atoms with E-state index < -0.39 is 5.60 Å². The van der Waals surface area contributed by atoms with Crippen LogP contribution in [0, 0.1) is 12.8 Å². The maximum absolute atomic E-state index is 12.3. The fourth-order valence-electron chi connectivity index (χ4n) is 3.49. The lowest BCUT2D eigenvalue weighted by Gasteiger charge is -2.38. The molecule has 0 saturated heterocycles. The Balaban J connectivity index is 2.49. The predicted octanol–water partition coefficient (Wildman–Crippen LogP) is 3.25. The van der Waals surface area contributed by atoms with Gasteiger partial charge in [0, 0.05) is 18.4 Å². The highest BCUT2D eigenvalue weighted by Crippen LogP contribution is 2.40. The standard InChI is InChI=1S/C16H26N2O2/c1-10(2)13-12(4)17-15(18-14(13)19)16(20-5)8-6-7-11(3)9-16/h10-11H,6-9H2,1-5H3,(H,17,18,19). The summed E-state index contributed by atoms with van der Waals surface area (Å²) in [6.45, 7) is 8.20. The summed E-state index contributed by atoms with van der Waals surface area (Å²) in [4.78, 5) is 20.0. The molecule has 0 aromatic carbocycles. The number of hydrogen-bond acceptors (Lipinski definition) is 3. The van der Waals surface area contributed by atoms with Crippen molar-refractivity contribution in [1.82, 2.24) is 9.97 Å². The smallest absolute Gasteiger partial charge is 0.254 e. The van der Waals surface area contributed by atoms with Crippen LogP contribution in [0.2, 0.25) is 0 Å². The molecular weight excluding hydrogens is 252 g/mol. The minimum Gasteiger partial charge on any atom is -0.370 e. The zero-order valence-electron chi connectivity index (χ0n) is 13.2. The van der Waals surface area contributed by atoms with Gasteiger partial charge < -0.3 is 9.72 Å². The largest absolute Gasteiger partial charge is 0.370 e. The normalized spacial score (nSPS) is 27.0. The van der Waals surface area contributed by atoms with Crippen LogP contribution in [-0.4, -0.2) is 17.1 Å². The third kappa shape index (κ3) is 2.66. The van der Waals surface area contributed by atoms with E-state index in [1.807, 2.05) is 20.8 Å². The number of hydrogen-bond donors (Lipinski definition) is 1. The van der Waals surface area contributed by atoms with Gasteiger partial charge in [0.2, 0.25) is 0 Å². The van der Waals surface area contributed by atoms with Gasteiger partial charge in [-0.3, -0.25) is 4.79 Å². The average molecular weight is 278 g/mol. The average Bonchev–Trinajstić information content (AvgIpc) is 2.37. The molecule has 0 spiro atoms. The minimum absolute atomic E-state index is 0.0165. The minimum atomic E-state index is -0.420. The Morgan fingerprint density at radius 2 is 2.15 bits per heavy atom. The van der Waals surface area contributed by atoms with Crippen molar-refractivity contribution in [2.24, 2.45) is 5.92 Å². The number of H-pyrrole nitrogens is 1. The highest BCUT2D eigenvalue weighted by atomic mass is 16.5. The second-order valence-electron chi connectivity index (χ2n) is 6.47. The van der Waals surface area contributed by atoms with E-state index in [9.17, 15) is 4.79 Å². The van der Waals surface area contributed by atoms with Gasteiger partial charge in [-0.05, 0) is 38.0 Å². The van der Waals surface area contributed by atoms with Crippen LogP contribution in [0.5, 0.6) is 0 Å². The molecule has 4 heteroatoms. The molecule has 1 N–H and O–H groups in total. The number of nitrogens with zero attached hydrogens (tertiary/aromatic N) is 1. The van der Waals surface area contributed by atoms with Crippen molar-refractivity contribution in [3.63, 3.8) is 0 Å². The predicted molar refractivity (Wildman–Crippen MR) is 80.0 cm³/mol. The summed E-state index contributed by atoms with van der Waals surface area (Å²) in [5, 5.41) is 0. The van der Waals surface area contributed by atoms with Gasteiger partial charge in [-0.2, -0.15) is 0 Å². The number of nitrogens with one attached hydrogen (secondary N) is 1. The van der Waals surface area contributed by atoms with Crippen molar-refractivity contribution in [2.75, 3.05) is 7.11 Å². The molecule has 1 fully saturated rings. The number of aromatic amines is 1. The molecule has 0 bridgehead atoms. The van der Waals surface area contributed by atoms with E-state index in [1.165, 1.54) is 6.42 Å². The fraction of sp³-hybridized carbons (Fsp3) is 0.750. The van der Waals surface area contributed by atoms with E-state index in [1.54, 1.807) is 7.11 Å². The lowest BCUT2D eigenvalue weighted by molar-refractivity contribution is -0.0649. The van der Waals surface area contributed by atoms with E-state index in [2.05, 4.69) is 16.9 Å². The maximum atomic E-state index is 12.3. The first-order chi connectivity index (χ1) is 9.39. The molecule has 1 aliphatic rings. The molecular formula is C16H26N2O2. The number of ether oxygens (including phenoxy) is 1. The summed E-state index contributed by atoms with van der Waals surface area (Å²) >= 11 is 0. The molecule has 2 rings (SSSR count). The van der Waals surface area contributed by atoms with Gasteiger partial charge >= 0.3 is 0 Å². The second kappa shape index (κ2) is 5.68. The van der Waals surface area contributed by atoms with Crippen molar-refractivity contribution in [3.05, 3.63) is 27.4 Å². The molecule has 1 aliphatic carbocycles. The molecule has 1 saturated carbocycles. The van der Waals surface area contributed by atoms with E-state index in [-0.39, 0.29) is 11.5 Å². The van der Waals surface area contributed by atoms with Gasteiger partial charge in [-0.1, -0.05) is 27.2 Å². The van der Waals surface area contributed by atoms with Crippen molar-refractivity contribution >= 4 is 0 Å². The molecule has 2 atom stereocenters. The van der Waals surface area contributed by atoms with E-state index in [0.717, 1.165) is 30.5 Å². The highest BCUT2D eigenvalue weighted by Gasteiger charge is 2.39. The highest BCUT2D eigenvalue weighted by molar-refractivity contribution is 5.22. The molecule has 0 amide bonds. The second-order valence-corrected chi connectivity index (χ2v) is 6.47.